The molecule has 40 heavy (non-hydrogen) atoms. The molecule has 216 valence electrons. The summed E-state index contributed by atoms with van der Waals surface area (Å²) in [6.07, 6.45) is -3.53. The maximum absolute atomic E-state index is 14.2. The Hall–Kier alpha value is -2.87. The molecule has 0 amide bonds. The average molecular weight is 622 g/mol. The molecular weight excluding hydrogens is 598 g/mol. The first-order valence-corrected chi connectivity index (χ1v) is 14.6. The third-order valence-corrected chi connectivity index (χ3v) is 9.43. The van der Waals surface area contributed by atoms with E-state index in [2.05, 4.69) is 4.98 Å². The molecule has 2 aromatic carbocycles. The fourth-order valence-corrected chi connectivity index (χ4v) is 6.52. The Kier molecular flexibility index (Phi) is 8.42. The van der Waals surface area contributed by atoms with Crippen LogP contribution >= 0.6 is 23.2 Å². The monoisotopic (exact) mass is 621 g/mol. The largest absolute Gasteiger partial charge is 0.480 e. The van der Waals surface area contributed by atoms with E-state index in [9.17, 15) is 41.1 Å². The van der Waals surface area contributed by atoms with Crippen LogP contribution in [0.4, 0.5) is 13.2 Å². The summed E-state index contributed by atoms with van der Waals surface area (Å²) >= 11 is 12.4. The molecule has 1 fully saturated rings. The molecule has 1 aromatic heterocycles. The number of aromatic nitrogens is 2. The molecular formula is C25H24Cl2F3N3O6S. The van der Waals surface area contributed by atoms with Crippen molar-refractivity contribution in [3.63, 3.8) is 0 Å². The molecule has 0 saturated carbocycles. The first kappa shape index (κ1) is 30.1. The van der Waals surface area contributed by atoms with Crippen molar-refractivity contribution in [2.24, 2.45) is 0 Å². The predicted molar refractivity (Wildman–Crippen MR) is 143 cm³/mol. The van der Waals surface area contributed by atoms with Gasteiger partial charge in [-0.2, -0.15) is 13.2 Å². The minimum atomic E-state index is -4.97. The number of H-pyrrole nitrogens is 1. The van der Waals surface area contributed by atoms with Gasteiger partial charge in [-0.3, -0.25) is 19.1 Å². The zero-order valence-corrected chi connectivity index (χ0v) is 23.3. The van der Waals surface area contributed by atoms with Crippen LogP contribution in [-0.2, 0) is 33.9 Å². The molecule has 1 aliphatic rings. The highest BCUT2D eigenvalue weighted by molar-refractivity contribution is 7.91. The van der Waals surface area contributed by atoms with Crippen molar-refractivity contribution in [2.45, 2.75) is 56.4 Å². The number of carboxylic acid groups (broad SMARTS) is 1. The Morgan fingerprint density at radius 3 is 2.48 bits per heavy atom. The number of carbonyl (C=O) groups is 1. The smallest absolute Gasteiger partial charge is 0.416 e. The fraction of sp³-hybridized carbons (Fsp3) is 0.400. The third kappa shape index (κ3) is 5.78. The molecule has 0 radical (unpaired) electrons. The van der Waals surface area contributed by atoms with Gasteiger partial charge in [0.15, 0.2) is 9.84 Å². The van der Waals surface area contributed by atoms with Gasteiger partial charge in [-0.15, -0.1) is 0 Å². The molecule has 1 atom stereocenters. The average Bonchev–Trinajstić information content (AvgIpc) is 2.87. The van der Waals surface area contributed by atoms with Gasteiger partial charge in [-0.25, -0.2) is 13.2 Å². The van der Waals surface area contributed by atoms with Gasteiger partial charge in [0.1, 0.15) is 6.04 Å². The third-order valence-electron chi connectivity index (χ3n) is 6.95. The second-order valence-electron chi connectivity index (χ2n) is 9.43. The standard InChI is InChI=1S/C25H24Cl2F3N3O6S/c1-2-40(38,39)19-7-6-14(26)9-13(19)11-33-22(34)15-10-17(25(28,29)30)16(20(27)21(15)31-24(33)37)12-32-8-4-3-5-18(32)23(35)36/h6-7,9-10,18H,2-5,8,11-12H2,1H3,(H,31,37)(H,35,36)/t18-/m1/s1. The lowest BCUT2D eigenvalue weighted by molar-refractivity contribution is -0.145. The normalized spacial score (nSPS) is 16.9. The van der Waals surface area contributed by atoms with E-state index in [1.54, 1.807) is 0 Å². The van der Waals surface area contributed by atoms with Crippen molar-refractivity contribution in [3.8, 4) is 0 Å². The van der Waals surface area contributed by atoms with E-state index in [-0.39, 0.29) is 39.7 Å². The number of aliphatic carboxylic acids is 1. The fourth-order valence-electron chi connectivity index (χ4n) is 4.91. The lowest BCUT2D eigenvalue weighted by atomic mass is 9.98. The number of aromatic amines is 1. The Morgan fingerprint density at radius 1 is 1.15 bits per heavy atom. The number of halogens is 5. The van der Waals surface area contributed by atoms with Gasteiger partial charge in [-0.1, -0.05) is 36.5 Å². The van der Waals surface area contributed by atoms with Crippen LogP contribution in [0.15, 0.2) is 38.8 Å². The maximum Gasteiger partial charge on any atom is 0.416 e. The van der Waals surface area contributed by atoms with Gasteiger partial charge in [0, 0.05) is 11.6 Å². The molecule has 3 aromatic rings. The summed E-state index contributed by atoms with van der Waals surface area (Å²) in [7, 11) is -3.80. The summed E-state index contributed by atoms with van der Waals surface area (Å²) in [5.41, 5.74) is -4.21. The molecule has 0 aliphatic carbocycles. The van der Waals surface area contributed by atoms with E-state index in [0.29, 0.717) is 23.5 Å². The summed E-state index contributed by atoms with van der Waals surface area (Å²) in [4.78, 5) is 41.7. The molecule has 15 heteroatoms. The number of likely N-dealkylation sites (tertiary alicyclic amines) is 1. The van der Waals surface area contributed by atoms with Gasteiger partial charge in [0.25, 0.3) is 5.56 Å². The van der Waals surface area contributed by atoms with E-state index in [1.807, 2.05) is 0 Å². The van der Waals surface area contributed by atoms with Crippen molar-refractivity contribution in [2.75, 3.05) is 12.3 Å². The highest BCUT2D eigenvalue weighted by Gasteiger charge is 2.38. The Balaban J connectivity index is 1.91. The molecule has 1 aliphatic heterocycles. The van der Waals surface area contributed by atoms with Crippen molar-refractivity contribution in [1.82, 2.24) is 14.5 Å². The van der Waals surface area contributed by atoms with Crippen LogP contribution < -0.4 is 11.2 Å². The topological polar surface area (TPSA) is 130 Å². The summed E-state index contributed by atoms with van der Waals surface area (Å²) < 4.78 is 68.4. The van der Waals surface area contributed by atoms with Gasteiger partial charge < -0.3 is 10.1 Å². The molecule has 0 unspecified atom stereocenters. The molecule has 2 heterocycles. The lowest BCUT2D eigenvalue weighted by Crippen LogP contribution is -2.44. The zero-order valence-electron chi connectivity index (χ0n) is 21.0. The minimum Gasteiger partial charge on any atom is -0.480 e. The van der Waals surface area contributed by atoms with Gasteiger partial charge >= 0.3 is 17.8 Å². The number of benzene rings is 2. The van der Waals surface area contributed by atoms with Crippen LogP contribution in [0.25, 0.3) is 10.9 Å². The molecule has 1 saturated heterocycles. The molecule has 0 spiro atoms. The summed E-state index contributed by atoms with van der Waals surface area (Å²) in [5.74, 6) is -1.45. The molecule has 0 bridgehead atoms. The van der Waals surface area contributed by atoms with E-state index < -0.39 is 73.9 Å². The van der Waals surface area contributed by atoms with Crippen LogP contribution in [0, 0.1) is 0 Å². The summed E-state index contributed by atoms with van der Waals surface area (Å²) in [5, 5.41) is 8.60. The first-order chi connectivity index (χ1) is 18.7. The van der Waals surface area contributed by atoms with Crippen LogP contribution in [0.5, 0.6) is 0 Å². The van der Waals surface area contributed by atoms with Gasteiger partial charge in [-0.05, 0) is 54.8 Å². The highest BCUT2D eigenvalue weighted by Crippen LogP contribution is 2.39. The molecule has 4 rings (SSSR count). The molecule has 2 N–H and O–H groups in total. The van der Waals surface area contributed by atoms with E-state index in [0.717, 1.165) is 0 Å². The second-order valence-corrected chi connectivity index (χ2v) is 12.5. The van der Waals surface area contributed by atoms with Crippen LogP contribution in [0.3, 0.4) is 0 Å². The Morgan fingerprint density at radius 2 is 1.85 bits per heavy atom. The first-order valence-electron chi connectivity index (χ1n) is 12.2. The molecule has 9 nitrogen and oxygen atoms in total. The maximum atomic E-state index is 14.2. The number of sulfone groups is 1. The number of nitrogens with zero attached hydrogens (tertiary/aromatic N) is 2. The van der Waals surface area contributed by atoms with Crippen LogP contribution in [0.2, 0.25) is 10.0 Å². The number of fused-ring (bicyclic) bond motifs is 1. The number of nitrogens with one attached hydrogen (secondary N) is 1. The number of rotatable bonds is 7. The van der Waals surface area contributed by atoms with Crippen molar-refractivity contribution < 1.29 is 31.5 Å². The van der Waals surface area contributed by atoms with Gasteiger partial charge in [0.05, 0.1) is 38.7 Å². The Bertz CT molecular complexity index is 1720. The quantitative estimate of drug-likeness (QED) is 0.402. The van der Waals surface area contributed by atoms with E-state index in [1.165, 1.54) is 30.0 Å². The highest BCUT2D eigenvalue weighted by atomic mass is 35.5. The van der Waals surface area contributed by atoms with E-state index >= 15 is 0 Å². The number of carboxylic acids is 1. The summed E-state index contributed by atoms with van der Waals surface area (Å²) in [6.45, 7) is 0.577. The number of hydrogen-bond donors (Lipinski definition) is 2. The number of piperidine rings is 1. The SMILES string of the molecule is CCS(=O)(=O)c1ccc(Cl)cc1Cn1c(=O)[nH]c2c(Cl)c(CN3CCCC[C@@H]3C(=O)O)c(C(F)(F)F)cc2c1=O. The Labute approximate surface area is 236 Å². The lowest BCUT2D eigenvalue weighted by Gasteiger charge is -2.33. The summed E-state index contributed by atoms with van der Waals surface area (Å²) in [6, 6.07) is 3.38. The number of alkyl halides is 3. The second kappa shape index (κ2) is 11.2. The van der Waals surface area contributed by atoms with Gasteiger partial charge in [0.2, 0.25) is 0 Å². The van der Waals surface area contributed by atoms with Crippen molar-refractivity contribution in [1.29, 1.82) is 0 Å². The van der Waals surface area contributed by atoms with Crippen LogP contribution in [-0.4, -0.2) is 52.3 Å². The number of hydrogen-bond acceptors (Lipinski definition) is 6. The van der Waals surface area contributed by atoms with E-state index in [4.69, 9.17) is 23.2 Å². The zero-order chi connectivity index (χ0) is 29.6. The van der Waals surface area contributed by atoms with Crippen molar-refractivity contribution >= 4 is 49.9 Å². The minimum absolute atomic E-state index is 0.00451. The van der Waals surface area contributed by atoms with Crippen LogP contribution in [0.1, 0.15) is 42.9 Å². The predicted octanol–water partition coefficient (Wildman–Crippen LogP) is 4.30. The van der Waals surface area contributed by atoms with Crippen molar-refractivity contribution in [3.05, 3.63) is 71.8 Å².